The van der Waals surface area contributed by atoms with E-state index in [2.05, 4.69) is 10.6 Å². The molecule has 1 fully saturated rings. The number of nitrogens with one attached hydrogen (secondary N) is 2. The van der Waals surface area contributed by atoms with E-state index in [0.717, 1.165) is 6.42 Å². The summed E-state index contributed by atoms with van der Waals surface area (Å²) in [5.74, 6) is -0.767. The van der Waals surface area contributed by atoms with Gasteiger partial charge in [-0.2, -0.15) is 0 Å². The minimum absolute atomic E-state index is 0.107. The van der Waals surface area contributed by atoms with Crippen molar-refractivity contribution in [3.05, 3.63) is 58.1 Å². The molecule has 1 aliphatic heterocycles. The summed E-state index contributed by atoms with van der Waals surface area (Å²) in [4.78, 5) is 39.7. The Bertz CT molecular complexity index is 1030. The number of carbonyl (C=O) groups is 3. The van der Waals surface area contributed by atoms with E-state index in [1.165, 1.54) is 0 Å². The van der Waals surface area contributed by atoms with Crippen molar-refractivity contribution in [2.75, 3.05) is 23.7 Å². The Morgan fingerprint density at radius 3 is 2.31 bits per heavy atom. The molecule has 0 aromatic heterocycles. The number of nitrogens with zero attached hydrogens (tertiary/aromatic N) is 1. The molecule has 6 nitrogen and oxygen atoms in total. The number of rotatable bonds is 4. The average Bonchev–Trinajstić information content (AvgIpc) is 2.75. The quantitative estimate of drug-likeness (QED) is 0.615. The van der Waals surface area contributed by atoms with Gasteiger partial charge in [-0.3, -0.25) is 14.4 Å². The second-order valence-corrected chi connectivity index (χ2v) is 9.81. The summed E-state index contributed by atoms with van der Waals surface area (Å²) < 4.78 is 0. The lowest BCUT2D eigenvalue weighted by Crippen LogP contribution is -2.43. The normalized spacial score (nSPS) is 16.4. The molecule has 2 aromatic rings. The molecule has 32 heavy (non-hydrogen) atoms. The van der Waals surface area contributed by atoms with Gasteiger partial charge in [-0.1, -0.05) is 50.0 Å². The van der Waals surface area contributed by atoms with Crippen LogP contribution >= 0.6 is 23.2 Å². The monoisotopic (exact) mass is 475 g/mol. The van der Waals surface area contributed by atoms with Crippen LogP contribution in [0.1, 0.15) is 44.0 Å². The molecule has 2 N–H and O–H groups in total. The third kappa shape index (κ3) is 6.02. The maximum atomic E-state index is 12.9. The lowest BCUT2D eigenvalue weighted by molar-refractivity contribution is -0.123. The number of amides is 3. The molecule has 0 saturated carbocycles. The van der Waals surface area contributed by atoms with Crippen molar-refractivity contribution in [1.82, 2.24) is 4.90 Å². The third-order valence-corrected chi connectivity index (χ3v) is 6.05. The van der Waals surface area contributed by atoms with Gasteiger partial charge >= 0.3 is 0 Å². The fourth-order valence-electron chi connectivity index (χ4n) is 3.42. The van der Waals surface area contributed by atoms with Crippen LogP contribution in [0.4, 0.5) is 11.4 Å². The number of hydrogen-bond acceptors (Lipinski definition) is 3. The maximum Gasteiger partial charge on any atom is 0.253 e. The first-order chi connectivity index (χ1) is 15.0. The zero-order valence-corrected chi connectivity index (χ0v) is 19.9. The summed E-state index contributed by atoms with van der Waals surface area (Å²) in [5.41, 5.74) is 1.13. The number of anilines is 2. The van der Waals surface area contributed by atoms with E-state index in [-0.39, 0.29) is 23.6 Å². The SMILES string of the molecule is CC(C)(C)C(=O)Nc1cccc(NC(=O)C2CCCN(C(=O)c3ccc(Cl)c(Cl)c3)C2)c1. The summed E-state index contributed by atoms with van der Waals surface area (Å²) in [7, 11) is 0. The predicted octanol–water partition coefficient (Wildman–Crippen LogP) is 5.47. The van der Waals surface area contributed by atoms with Crippen molar-refractivity contribution in [1.29, 1.82) is 0 Å². The largest absolute Gasteiger partial charge is 0.338 e. The molecular formula is C24H27Cl2N3O3. The number of likely N-dealkylation sites (tertiary alicyclic amines) is 1. The molecule has 3 rings (SSSR count). The van der Waals surface area contributed by atoms with E-state index < -0.39 is 5.41 Å². The van der Waals surface area contributed by atoms with Gasteiger partial charge in [-0.15, -0.1) is 0 Å². The van der Waals surface area contributed by atoms with Crippen LogP contribution in [0.15, 0.2) is 42.5 Å². The highest BCUT2D eigenvalue weighted by Gasteiger charge is 2.29. The number of carbonyl (C=O) groups excluding carboxylic acids is 3. The molecule has 0 aliphatic carbocycles. The molecule has 2 aromatic carbocycles. The summed E-state index contributed by atoms with van der Waals surface area (Å²) in [6.45, 7) is 6.41. The summed E-state index contributed by atoms with van der Waals surface area (Å²) in [6.07, 6.45) is 1.42. The highest BCUT2D eigenvalue weighted by Crippen LogP contribution is 2.26. The molecule has 0 spiro atoms. The summed E-state index contributed by atoms with van der Waals surface area (Å²) in [6, 6.07) is 11.8. The Balaban J connectivity index is 1.64. The Hall–Kier alpha value is -2.57. The van der Waals surface area contributed by atoms with E-state index in [4.69, 9.17) is 23.2 Å². The van der Waals surface area contributed by atoms with Gasteiger partial charge in [-0.25, -0.2) is 0 Å². The van der Waals surface area contributed by atoms with Gasteiger partial charge in [0.05, 0.1) is 16.0 Å². The number of halogens is 2. The Kier molecular flexibility index (Phi) is 7.47. The van der Waals surface area contributed by atoms with Gasteiger partial charge < -0.3 is 15.5 Å². The molecule has 1 unspecified atom stereocenters. The first-order valence-corrected chi connectivity index (χ1v) is 11.3. The molecule has 1 atom stereocenters. The van der Waals surface area contributed by atoms with Crippen molar-refractivity contribution < 1.29 is 14.4 Å². The first-order valence-electron chi connectivity index (χ1n) is 10.5. The van der Waals surface area contributed by atoms with Gasteiger partial charge in [0.15, 0.2) is 0 Å². The average molecular weight is 476 g/mol. The van der Waals surface area contributed by atoms with E-state index in [1.807, 2.05) is 20.8 Å². The Morgan fingerprint density at radius 1 is 0.969 bits per heavy atom. The molecule has 3 amide bonds. The van der Waals surface area contributed by atoms with Crippen LogP contribution in [0.3, 0.4) is 0 Å². The second kappa shape index (κ2) is 9.92. The predicted molar refractivity (Wildman–Crippen MR) is 128 cm³/mol. The van der Waals surface area contributed by atoms with Crippen LogP contribution < -0.4 is 10.6 Å². The zero-order valence-electron chi connectivity index (χ0n) is 18.4. The zero-order chi connectivity index (χ0) is 23.5. The van der Waals surface area contributed by atoms with Crippen molar-refractivity contribution in [2.24, 2.45) is 11.3 Å². The van der Waals surface area contributed by atoms with E-state index >= 15 is 0 Å². The molecule has 1 aliphatic rings. The van der Waals surface area contributed by atoms with Gasteiger partial charge in [0.25, 0.3) is 5.91 Å². The highest BCUT2D eigenvalue weighted by atomic mass is 35.5. The Labute approximate surface area is 198 Å². The van der Waals surface area contributed by atoms with Gasteiger partial charge in [-0.05, 0) is 49.2 Å². The van der Waals surface area contributed by atoms with Crippen LogP contribution in [0.25, 0.3) is 0 Å². The molecule has 0 radical (unpaired) electrons. The first kappa shape index (κ1) is 24.1. The van der Waals surface area contributed by atoms with Gasteiger partial charge in [0.1, 0.15) is 0 Å². The third-order valence-electron chi connectivity index (χ3n) is 5.32. The van der Waals surface area contributed by atoms with E-state index in [1.54, 1.807) is 47.4 Å². The van der Waals surface area contributed by atoms with Crippen LogP contribution in [0.5, 0.6) is 0 Å². The highest BCUT2D eigenvalue weighted by molar-refractivity contribution is 6.42. The topological polar surface area (TPSA) is 78.5 Å². The number of piperidine rings is 1. The van der Waals surface area contributed by atoms with Crippen LogP contribution in [0.2, 0.25) is 10.0 Å². The summed E-state index contributed by atoms with van der Waals surface area (Å²) in [5, 5.41) is 6.48. The van der Waals surface area contributed by atoms with Crippen molar-refractivity contribution >= 4 is 52.3 Å². The molecule has 1 heterocycles. The van der Waals surface area contributed by atoms with Crippen LogP contribution in [0, 0.1) is 11.3 Å². The molecule has 170 valence electrons. The molecule has 8 heteroatoms. The van der Waals surface area contributed by atoms with E-state index in [0.29, 0.717) is 46.5 Å². The molecular weight excluding hydrogens is 449 g/mol. The fraction of sp³-hybridized carbons (Fsp3) is 0.375. The van der Waals surface area contributed by atoms with Crippen LogP contribution in [-0.4, -0.2) is 35.7 Å². The van der Waals surface area contributed by atoms with Crippen LogP contribution in [-0.2, 0) is 9.59 Å². The van der Waals surface area contributed by atoms with Crippen molar-refractivity contribution in [3.8, 4) is 0 Å². The van der Waals surface area contributed by atoms with E-state index in [9.17, 15) is 14.4 Å². The maximum absolute atomic E-state index is 12.9. The lowest BCUT2D eigenvalue weighted by atomic mass is 9.95. The van der Waals surface area contributed by atoms with Crippen molar-refractivity contribution in [3.63, 3.8) is 0 Å². The second-order valence-electron chi connectivity index (χ2n) is 8.99. The number of benzene rings is 2. The molecule has 0 bridgehead atoms. The smallest absolute Gasteiger partial charge is 0.253 e. The Morgan fingerprint density at radius 2 is 1.66 bits per heavy atom. The molecule has 1 saturated heterocycles. The standard InChI is InChI=1S/C24H27Cl2N3O3/c1-24(2,3)23(32)28-18-8-4-7-17(13-18)27-21(30)16-6-5-11-29(14-16)22(31)15-9-10-19(25)20(26)12-15/h4,7-10,12-13,16H,5-6,11,14H2,1-3H3,(H,27,30)(H,28,32). The number of hydrogen-bond donors (Lipinski definition) is 2. The minimum atomic E-state index is -0.522. The van der Waals surface area contributed by atoms with Gasteiger partial charge in [0.2, 0.25) is 11.8 Å². The summed E-state index contributed by atoms with van der Waals surface area (Å²) >= 11 is 12.0. The lowest BCUT2D eigenvalue weighted by Gasteiger charge is -2.32. The van der Waals surface area contributed by atoms with Crippen molar-refractivity contribution in [2.45, 2.75) is 33.6 Å². The minimum Gasteiger partial charge on any atom is -0.338 e. The fourth-order valence-corrected chi connectivity index (χ4v) is 3.72. The van der Waals surface area contributed by atoms with Gasteiger partial charge in [0, 0.05) is 35.4 Å².